The molecule has 88 valence electrons. The predicted molar refractivity (Wildman–Crippen MR) is 54.1 cm³/mol. The molecule has 0 heterocycles. The van der Waals surface area contributed by atoms with Crippen LogP contribution in [0, 0.1) is 5.92 Å². The van der Waals surface area contributed by atoms with Crippen molar-refractivity contribution in [2.75, 3.05) is 0 Å². The van der Waals surface area contributed by atoms with E-state index in [0.717, 1.165) is 0 Å². The van der Waals surface area contributed by atoms with Crippen LogP contribution in [-0.2, 0) is 9.59 Å². The predicted octanol–water partition coefficient (Wildman–Crippen LogP) is -1.08. The van der Waals surface area contributed by atoms with Crippen LogP contribution in [0.15, 0.2) is 0 Å². The third kappa shape index (κ3) is 4.26. The lowest BCUT2D eigenvalue weighted by molar-refractivity contribution is -0.145. The number of amides is 1. The van der Waals surface area contributed by atoms with Gasteiger partial charge in [0.25, 0.3) is 0 Å². The van der Waals surface area contributed by atoms with Crippen molar-refractivity contribution in [3.05, 3.63) is 0 Å². The number of rotatable bonds is 5. The monoisotopic (exact) mass is 218 g/mol. The Labute approximate surface area is 88.5 Å². The molecule has 0 saturated carbocycles. The van der Waals surface area contributed by atoms with Crippen LogP contribution >= 0.6 is 0 Å². The van der Waals surface area contributed by atoms with Crippen molar-refractivity contribution in [2.24, 2.45) is 11.7 Å². The summed E-state index contributed by atoms with van der Waals surface area (Å²) in [6.07, 6.45) is -1.16. The normalized spacial score (nSPS) is 16.9. The lowest BCUT2D eigenvalue weighted by Gasteiger charge is -2.21. The molecule has 0 spiro atoms. The van der Waals surface area contributed by atoms with Gasteiger partial charge in [-0.05, 0) is 12.8 Å². The molecule has 0 fully saturated rings. The van der Waals surface area contributed by atoms with E-state index in [0.29, 0.717) is 0 Å². The first kappa shape index (κ1) is 13.9. The number of nitrogens with one attached hydrogen (secondary N) is 1. The minimum atomic E-state index is -1.32. The molecule has 0 bridgehead atoms. The first-order valence-electron chi connectivity index (χ1n) is 4.74. The van der Waals surface area contributed by atoms with Gasteiger partial charge >= 0.3 is 5.97 Å². The highest BCUT2D eigenvalue weighted by Crippen LogP contribution is 2.00. The van der Waals surface area contributed by atoms with Gasteiger partial charge in [-0.15, -0.1) is 0 Å². The smallest absolute Gasteiger partial charge is 0.328 e. The molecule has 0 radical (unpaired) electrons. The van der Waals surface area contributed by atoms with Gasteiger partial charge in [-0.2, -0.15) is 0 Å². The van der Waals surface area contributed by atoms with E-state index in [1.165, 1.54) is 6.92 Å². The fraction of sp³-hybridized carbons (Fsp3) is 0.778. The summed E-state index contributed by atoms with van der Waals surface area (Å²) >= 11 is 0. The summed E-state index contributed by atoms with van der Waals surface area (Å²) in [7, 11) is 0. The van der Waals surface area contributed by atoms with Crippen LogP contribution < -0.4 is 11.1 Å². The standard InChI is InChI=1S/C9H18N2O4/c1-4(2)6(10)8(13)11-7(5(3)12)9(14)15/h4-7,12H,10H2,1-3H3,(H,11,13)(H,14,15)/t5?,6-,7-/m0/s1. The van der Waals surface area contributed by atoms with Gasteiger partial charge in [-0.1, -0.05) is 13.8 Å². The zero-order valence-electron chi connectivity index (χ0n) is 9.10. The topological polar surface area (TPSA) is 113 Å². The van der Waals surface area contributed by atoms with Crippen molar-refractivity contribution in [1.29, 1.82) is 0 Å². The van der Waals surface area contributed by atoms with E-state index in [2.05, 4.69) is 5.32 Å². The Kier molecular flexibility index (Phi) is 5.24. The molecular formula is C9H18N2O4. The van der Waals surface area contributed by atoms with Crippen LogP contribution in [0.3, 0.4) is 0 Å². The first-order valence-corrected chi connectivity index (χ1v) is 4.74. The second-order valence-corrected chi connectivity index (χ2v) is 3.83. The summed E-state index contributed by atoms with van der Waals surface area (Å²) in [6, 6.07) is -2.09. The van der Waals surface area contributed by atoms with E-state index in [9.17, 15) is 9.59 Å². The Morgan fingerprint density at radius 3 is 2.00 bits per heavy atom. The van der Waals surface area contributed by atoms with Gasteiger partial charge in [0.2, 0.25) is 5.91 Å². The fourth-order valence-corrected chi connectivity index (χ4v) is 0.941. The van der Waals surface area contributed by atoms with Gasteiger partial charge in [0.1, 0.15) is 0 Å². The van der Waals surface area contributed by atoms with E-state index in [1.807, 2.05) is 0 Å². The number of hydrogen-bond acceptors (Lipinski definition) is 4. The molecule has 0 aliphatic rings. The molecule has 1 unspecified atom stereocenters. The van der Waals surface area contributed by atoms with Gasteiger partial charge < -0.3 is 21.3 Å². The summed E-state index contributed by atoms with van der Waals surface area (Å²) in [5.74, 6) is -1.94. The zero-order chi connectivity index (χ0) is 12.2. The maximum Gasteiger partial charge on any atom is 0.328 e. The Morgan fingerprint density at radius 1 is 1.27 bits per heavy atom. The molecule has 1 amide bonds. The number of aliphatic hydroxyl groups excluding tert-OH is 1. The van der Waals surface area contributed by atoms with Crippen LogP contribution in [0.25, 0.3) is 0 Å². The first-order chi connectivity index (χ1) is 6.77. The van der Waals surface area contributed by atoms with Gasteiger partial charge in [0, 0.05) is 0 Å². The van der Waals surface area contributed by atoms with Crippen LogP contribution in [0.5, 0.6) is 0 Å². The number of carboxylic acid groups (broad SMARTS) is 1. The maximum atomic E-state index is 11.4. The maximum absolute atomic E-state index is 11.4. The van der Waals surface area contributed by atoms with Crippen LogP contribution in [0.1, 0.15) is 20.8 Å². The van der Waals surface area contributed by atoms with Crippen molar-refractivity contribution in [1.82, 2.24) is 5.32 Å². The summed E-state index contributed by atoms with van der Waals surface area (Å²) in [5.41, 5.74) is 5.52. The largest absolute Gasteiger partial charge is 0.480 e. The van der Waals surface area contributed by atoms with Crippen molar-refractivity contribution in [3.8, 4) is 0 Å². The molecule has 0 saturated heterocycles. The molecule has 6 nitrogen and oxygen atoms in total. The summed E-state index contributed by atoms with van der Waals surface area (Å²) in [4.78, 5) is 22.0. The van der Waals surface area contributed by atoms with Crippen molar-refractivity contribution >= 4 is 11.9 Å². The van der Waals surface area contributed by atoms with Crippen LogP contribution in [0.4, 0.5) is 0 Å². The van der Waals surface area contributed by atoms with E-state index in [4.69, 9.17) is 15.9 Å². The van der Waals surface area contributed by atoms with Gasteiger partial charge in [-0.25, -0.2) is 4.79 Å². The van der Waals surface area contributed by atoms with Gasteiger partial charge in [0.05, 0.1) is 12.1 Å². The molecule has 5 N–H and O–H groups in total. The highest BCUT2D eigenvalue weighted by atomic mass is 16.4. The van der Waals surface area contributed by atoms with Crippen molar-refractivity contribution in [3.63, 3.8) is 0 Å². The summed E-state index contributed by atoms with van der Waals surface area (Å²) in [6.45, 7) is 4.80. The number of carbonyl (C=O) groups is 2. The molecule has 15 heavy (non-hydrogen) atoms. The molecule has 0 aromatic heterocycles. The third-order valence-electron chi connectivity index (χ3n) is 2.07. The number of aliphatic hydroxyl groups is 1. The van der Waals surface area contributed by atoms with E-state index in [-0.39, 0.29) is 5.92 Å². The fourth-order valence-electron chi connectivity index (χ4n) is 0.941. The number of nitrogens with two attached hydrogens (primary N) is 1. The molecule has 0 rings (SSSR count). The number of carbonyl (C=O) groups excluding carboxylic acids is 1. The summed E-state index contributed by atoms with van der Waals surface area (Å²) < 4.78 is 0. The minimum absolute atomic E-state index is 0.0894. The molecule has 0 aliphatic carbocycles. The molecule has 0 aromatic rings. The Bertz CT molecular complexity index is 240. The van der Waals surface area contributed by atoms with Gasteiger partial charge in [-0.3, -0.25) is 4.79 Å². The molecule has 0 aliphatic heterocycles. The van der Waals surface area contributed by atoms with E-state index < -0.39 is 30.1 Å². The van der Waals surface area contributed by atoms with Crippen molar-refractivity contribution < 1.29 is 19.8 Å². The lowest BCUT2D eigenvalue weighted by atomic mass is 10.0. The second kappa shape index (κ2) is 5.67. The average molecular weight is 218 g/mol. The quantitative estimate of drug-likeness (QED) is 0.469. The highest BCUT2D eigenvalue weighted by molar-refractivity contribution is 5.87. The minimum Gasteiger partial charge on any atom is -0.480 e. The van der Waals surface area contributed by atoms with Crippen LogP contribution in [-0.4, -0.2) is 40.3 Å². The molecule has 6 heteroatoms. The summed E-state index contributed by atoms with van der Waals surface area (Å²) in [5, 5.41) is 20.0. The Balaban J connectivity index is 4.43. The highest BCUT2D eigenvalue weighted by Gasteiger charge is 2.27. The Hall–Kier alpha value is -1.14. The second-order valence-electron chi connectivity index (χ2n) is 3.83. The van der Waals surface area contributed by atoms with Crippen LogP contribution in [0.2, 0.25) is 0 Å². The molecule has 3 atom stereocenters. The van der Waals surface area contributed by atoms with Crippen molar-refractivity contribution in [2.45, 2.75) is 39.0 Å². The third-order valence-corrected chi connectivity index (χ3v) is 2.07. The Morgan fingerprint density at radius 2 is 1.73 bits per heavy atom. The number of aliphatic carboxylic acids is 1. The SMILES string of the molecule is CC(C)[C@H](N)C(=O)N[C@H](C(=O)O)C(C)O. The van der Waals surface area contributed by atoms with Gasteiger partial charge in [0.15, 0.2) is 6.04 Å². The van der Waals surface area contributed by atoms with E-state index in [1.54, 1.807) is 13.8 Å². The van der Waals surface area contributed by atoms with E-state index >= 15 is 0 Å². The molecular weight excluding hydrogens is 200 g/mol. The zero-order valence-corrected chi connectivity index (χ0v) is 9.10. The number of carboxylic acids is 1. The molecule has 0 aromatic carbocycles. The lowest BCUT2D eigenvalue weighted by Crippen LogP contribution is -2.53. The number of hydrogen-bond donors (Lipinski definition) is 4. The average Bonchev–Trinajstić information content (AvgIpc) is 2.11.